The first-order chi connectivity index (χ1) is 7.66. The van der Waals surface area contributed by atoms with Gasteiger partial charge in [0.1, 0.15) is 0 Å². The van der Waals surface area contributed by atoms with Crippen LogP contribution in [0.3, 0.4) is 0 Å². The molecule has 0 spiro atoms. The van der Waals surface area contributed by atoms with Gasteiger partial charge in [-0.15, -0.1) is 0 Å². The molecule has 1 fully saturated rings. The number of hydrogen-bond acceptors (Lipinski definition) is 1. The number of hydrogen-bond donors (Lipinski definition) is 0. The summed E-state index contributed by atoms with van der Waals surface area (Å²) in [5.74, 6) is -7.58. The first-order valence-electron chi connectivity index (χ1n) is 5.49. The summed E-state index contributed by atoms with van der Waals surface area (Å²) in [7, 11) is 0. The van der Waals surface area contributed by atoms with Gasteiger partial charge in [-0.2, -0.15) is 17.6 Å². The maximum atomic E-state index is 12.9. The van der Waals surface area contributed by atoms with Gasteiger partial charge in [0.2, 0.25) is 0 Å². The van der Waals surface area contributed by atoms with Gasteiger partial charge in [-0.25, -0.2) is 0 Å². The molecule has 1 aliphatic rings. The minimum Gasteiger partial charge on any atom is -0.287 e. The van der Waals surface area contributed by atoms with Crippen LogP contribution in [0, 0.1) is 5.92 Å². The lowest BCUT2D eigenvalue weighted by Crippen LogP contribution is -2.38. The molecule has 1 aliphatic heterocycles. The predicted octanol–water partition coefficient (Wildman–Crippen LogP) is 3.34. The van der Waals surface area contributed by atoms with Gasteiger partial charge in [-0.3, -0.25) is 4.90 Å². The highest BCUT2D eigenvalue weighted by Gasteiger charge is 2.62. The van der Waals surface area contributed by atoms with E-state index in [4.69, 9.17) is 0 Å². The average molecular weight is 251 g/mol. The molecule has 17 heavy (non-hydrogen) atoms. The molecular formula is C12H17F4N. The third-order valence-corrected chi connectivity index (χ3v) is 2.82. The van der Waals surface area contributed by atoms with Crippen LogP contribution in [0.25, 0.3) is 0 Å². The molecular weight excluding hydrogens is 234 g/mol. The van der Waals surface area contributed by atoms with Gasteiger partial charge in [-0.1, -0.05) is 38.2 Å². The molecule has 0 saturated carbocycles. The molecule has 0 aromatic carbocycles. The van der Waals surface area contributed by atoms with Gasteiger partial charge in [-0.05, 0) is 5.92 Å². The summed E-state index contributed by atoms with van der Waals surface area (Å²) in [5, 5.41) is 0. The van der Waals surface area contributed by atoms with Gasteiger partial charge < -0.3 is 0 Å². The molecule has 1 saturated heterocycles. The van der Waals surface area contributed by atoms with Crippen LogP contribution in [0.2, 0.25) is 0 Å². The summed E-state index contributed by atoms with van der Waals surface area (Å²) < 4.78 is 51.4. The van der Waals surface area contributed by atoms with Gasteiger partial charge in [0, 0.05) is 6.54 Å². The standard InChI is InChI=1S/C12H17F4N/c1-9(2)10(3)5-4-6-17-7-11(13,14)12(15,16)8-17/h4-5,9H,3,6-8H2,1-2H3/b5-4+. The van der Waals surface area contributed by atoms with E-state index in [1.807, 2.05) is 13.8 Å². The Morgan fingerprint density at radius 1 is 1.24 bits per heavy atom. The van der Waals surface area contributed by atoms with Crippen LogP contribution in [0.15, 0.2) is 24.3 Å². The summed E-state index contributed by atoms with van der Waals surface area (Å²) in [6.45, 7) is 5.99. The highest BCUT2D eigenvalue weighted by atomic mass is 19.3. The number of rotatable bonds is 4. The number of halogens is 4. The second-order valence-corrected chi connectivity index (χ2v) is 4.71. The molecule has 0 amide bonds. The predicted molar refractivity (Wildman–Crippen MR) is 59.5 cm³/mol. The Kier molecular flexibility index (Phi) is 4.02. The van der Waals surface area contributed by atoms with Crippen LogP contribution >= 0.6 is 0 Å². The van der Waals surface area contributed by atoms with Crippen molar-refractivity contribution in [2.45, 2.75) is 25.7 Å². The molecule has 1 nitrogen and oxygen atoms in total. The van der Waals surface area contributed by atoms with Crippen molar-refractivity contribution in [1.82, 2.24) is 4.90 Å². The maximum Gasteiger partial charge on any atom is 0.323 e. The Morgan fingerprint density at radius 2 is 1.71 bits per heavy atom. The normalized spacial score (nSPS) is 23.7. The molecule has 98 valence electrons. The molecule has 0 N–H and O–H groups in total. The second kappa shape index (κ2) is 4.80. The van der Waals surface area contributed by atoms with Crippen molar-refractivity contribution < 1.29 is 17.6 Å². The highest BCUT2D eigenvalue weighted by molar-refractivity contribution is 5.17. The number of nitrogens with zero attached hydrogens (tertiary/aromatic N) is 1. The molecule has 1 heterocycles. The first-order valence-corrected chi connectivity index (χ1v) is 5.49. The minimum atomic E-state index is -3.92. The Morgan fingerprint density at radius 3 is 2.12 bits per heavy atom. The Balaban J connectivity index is 2.49. The summed E-state index contributed by atoms with van der Waals surface area (Å²) in [4.78, 5) is 1.05. The highest BCUT2D eigenvalue weighted by Crippen LogP contribution is 2.40. The summed E-state index contributed by atoms with van der Waals surface area (Å²) >= 11 is 0. The fourth-order valence-corrected chi connectivity index (χ4v) is 1.52. The van der Waals surface area contributed by atoms with Gasteiger partial charge in [0.05, 0.1) is 13.1 Å². The Labute approximate surface area is 98.8 Å². The summed E-state index contributed by atoms with van der Waals surface area (Å²) in [5.41, 5.74) is 0.850. The van der Waals surface area contributed by atoms with Crippen LogP contribution in [-0.4, -0.2) is 36.4 Å². The lowest BCUT2D eigenvalue weighted by Gasteiger charge is -2.15. The van der Waals surface area contributed by atoms with Crippen LogP contribution in [0.4, 0.5) is 17.6 Å². The van der Waals surface area contributed by atoms with Crippen molar-refractivity contribution in [3.8, 4) is 0 Å². The van der Waals surface area contributed by atoms with Crippen LogP contribution in [0.1, 0.15) is 13.8 Å². The zero-order valence-electron chi connectivity index (χ0n) is 10.0. The molecule has 0 aliphatic carbocycles. The zero-order chi connectivity index (χ0) is 13.3. The van der Waals surface area contributed by atoms with Gasteiger partial charge in [0.25, 0.3) is 0 Å². The van der Waals surface area contributed by atoms with E-state index < -0.39 is 24.9 Å². The smallest absolute Gasteiger partial charge is 0.287 e. The molecule has 0 aromatic heterocycles. The molecule has 0 radical (unpaired) electrons. The van der Waals surface area contributed by atoms with Crippen molar-refractivity contribution in [3.05, 3.63) is 24.3 Å². The second-order valence-electron chi connectivity index (χ2n) is 4.71. The first kappa shape index (κ1) is 14.2. The Hall–Kier alpha value is -0.840. The SMILES string of the molecule is C=C(/C=C/CN1CC(F)(F)C(F)(F)C1)C(C)C. The third kappa shape index (κ3) is 3.31. The molecule has 5 heteroatoms. The van der Waals surface area contributed by atoms with Crippen molar-refractivity contribution in [2.24, 2.45) is 5.92 Å². The van der Waals surface area contributed by atoms with Crippen LogP contribution in [-0.2, 0) is 0 Å². The molecule has 0 bridgehead atoms. The minimum absolute atomic E-state index is 0.0942. The van der Waals surface area contributed by atoms with E-state index in [0.29, 0.717) is 0 Å². The quantitative estimate of drug-likeness (QED) is 0.547. The van der Waals surface area contributed by atoms with E-state index in [0.717, 1.165) is 10.5 Å². The largest absolute Gasteiger partial charge is 0.323 e. The average Bonchev–Trinajstić information content (AvgIpc) is 2.34. The van der Waals surface area contributed by atoms with Gasteiger partial charge in [0.15, 0.2) is 0 Å². The van der Waals surface area contributed by atoms with Crippen molar-refractivity contribution in [1.29, 1.82) is 0 Å². The summed E-state index contributed by atoms with van der Waals surface area (Å²) in [6.07, 6.45) is 3.29. The van der Waals surface area contributed by atoms with E-state index in [1.54, 1.807) is 12.2 Å². The van der Waals surface area contributed by atoms with E-state index in [9.17, 15) is 17.6 Å². The number of allylic oxidation sites excluding steroid dienone is 2. The van der Waals surface area contributed by atoms with Crippen LogP contribution in [0.5, 0.6) is 0 Å². The van der Waals surface area contributed by atoms with Crippen molar-refractivity contribution in [3.63, 3.8) is 0 Å². The lowest BCUT2D eigenvalue weighted by atomic mass is 10.1. The van der Waals surface area contributed by atoms with E-state index in [-0.39, 0.29) is 12.5 Å². The van der Waals surface area contributed by atoms with Crippen LogP contribution < -0.4 is 0 Å². The maximum absolute atomic E-state index is 12.9. The van der Waals surface area contributed by atoms with Gasteiger partial charge >= 0.3 is 11.8 Å². The van der Waals surface area contributed by atoms with Crippen molar-refractivity contribution in [2.75, 3.05) is 19.6 Å². The molecule has 0 aromatic rings. The number of likely N-dealkylation sites (tertiary alicyclic amines) is 1. The van der Waals surface area contributed by atoms with E-state index in [1.165, 1.54) is 0 Å². The van der Waals surface area contributed by atoms with E-state index in [2.05, 4.69) is 6.58 Å². The molecule has 0 atom stereocenters. The monoisotopic (exact) mass is 251 g/mol. The lowest BCUT2D eigenvalue weighted by molar-refractivity contribution is -0.172. The fraction of sp³-hybridized carbons (Fsp3) is 0.667. The Bertz CT molecular complexity index is 304. The van der Waals surface area contributed by atoms with E-state index >= 15 is 0 Å². The topological polar surface area (TPSA) is 3.24 Å². The number of alkyl halides is 4. The fourth-order valence-electron chi connectivity index (χ4n) is 1.52. The molecule has 1 rings (SSSR count). The van der Waals surface area contributed by atoms with Crippen molar-refractivity contribution >= 4 is 0 Å². The third-order valence-electron chi connectivity index (χ3n) is 2.82. The summed E-state index contributed by atoms with van der Waals surface area (Å²) in [6, 6.07) is 0. The molecule has 0 unspecified atom stereocenters. The zero-order valence-corrected chi connectivity index (χ0v) is 10.0.